The number of hydrogen-bond acceptors (Lipinski definition) is 3. The number of rotatable bonds is 2. The van der Waals surface area contributed by atoms with Gasteiger partial charge in [0.2, 0.25) is 0 Å². The van der Waals surface area contributed by atoms with E-state index in [-0.39, 0.29) is 31.6 Å². The molecule has 0 aliphatic rings. The van der Waals surface area contributed by atoms with Crippen LogP contribution in [0.4, 0.5) is 0 Å². The SMILES string of the molecule is CC(=O)C=C(C)O.C[C-]=C(C)c1ccccn1.[Ir]. The van der Waals surface area contributed by atoms with E-state index in [1.54, 1.807) is 6.20 Å². The molecule has 0 saturated carbocycles. The van der Waals surface area contributed by atoms with E-state index in [0.717, 1.165) is 11.3 Å². The molecule has 0 unspecified atom stereocenters. The molecule has 0 saturated heterocycles. The fraction of sp³-hybridized carbons (Fsp3) is 0.286. The molecule has 0 aromatic carbocycles. The van der Waals surface area contributed by atoms with Crippen LogP contribution in [0.25, 0.3) is 5.57 Å². The molecule has 0 amide bonds. The van der Waals surface area contributed by atoms with E-state index >= 15 is 0 Å². The Morgan fingerprint density at radius 2 is 1.94 bits per heavy atom. The fourth-order valence-electron chi connectivity index (χ4n) is 1.01. The molecule has 1 N–H and O–H groups in total. The number of hydrogen-bond donors (Lipinski definition) is 1. The predicted octanol–water partition coefficient (Wildman–Crippen LogP) is 3.34. The summed E-state index contributed by atoms with van der Waals surface area (Å²) >= 11 is 0. The van der Waals surface area contributed by atoms with Crippen LogP contribution in [0, 0.1) is 6.08 Å². The van der Waals surface area contributed by atoms with E-state index in [2.05, 4.69) is 11.1 Å². The first-order valence-electron chi connectivity index (χ1n) is 5.28. The summed E-state index contributed by atoms with van der Waals surface area (Å²) in [4.78, 5) is 14.2. The molecular formula is C14H18IrNO2-. The van der Waals surface area contributed by atoms with Crippen LogP contribution in [0.15, 0.2) is 36.2 Å². The topological polar surface area (TPSA) is 50.2 Å². The fourth-order valence-corrected chi connectivity index (χ4v) is 1.01. The monoisotopic (exact) mass is 425 g/mol. The molecule has 0 aliphatic carbocycles. The average Bonchev–Trinajstić information content (AvgIpc) is 2.28. The second-order valence-electron chi connectivity index (χ2n) is 3.49. The van der Waals surface area contributed by atoms with Crippen molar-refractivity contribution in [3.8, 4) is 0 Å². The van der Waals surface area contributed by atoms with Gasteiger partial charge in [-0.3, -0.25) is 10.9 Å². The standard InChI is InChI=1S/C9H10N.C5H8O2.Ir/c1-3-8(2)9-6-4-5-7-10-9;1-4(6)3-5(2)7;/h4-7H,1-2H3;3,6H,1-2H3;/q-1;;. The average molecular weight is 425 g/mol. The zero-order chi connectivity index (χ0) is 13.3. The van der Waals surface area contributed by atoms with Gasteiger partial charge >= 0.3 is 0 Å². The van der Waals surface area contributed by atoms with Gasteiger partial charge in [0.05, 0.1) is 5.76 Å². The van der Waals surface area contributed by atoms with Crippen LogP contribution < -0.4 is 0 Å². The molecule has 0 atom stereocenters. The van der Waals surface area contributed by atoms with Crippen molar-refractivity contribution in [2.75, 3.05) is 0 Å². The Labute approximate surface area is 122 Å². The smallest absolute Gasteiger partial charge is 0.155 e. The summed E-state index contributed by atoms with van der Waals surface area (Å²) in [5.74, 6) is -0.0625. The zero-order valence-electron chi connectivity index (χ0n) is 11.0. The van der Waals surface area contributed by atoms with Crippen LogP contribution in [0.3, 0.4) is 0 Å². The zero-order valence-corrected chi connectivity index (χ0v) is 13.4. The molecule has 4 heteroatoms. The van der Waals surface area contributed by atoms with E-state index in [9.17, 15) is 4.79 Å². The van der Waals surface area contributed by atoms with Crippen LogP contribution in [0.2, 0.25) is 0 Å². The van der Waals surface area contributed by atoms with Gasteiger partial charge in [-0.05, 0) is 19.9 Å². The van der Waals surface area contributed by atoms with Gasteiger partial charge < -0.3 is 10.1 Å². The maximum absolute atomic E-state index is 10.0. The third kappa shape index (κ3) is 9.94. The van der Waals surface area contributed by atoms with Crippen molar-refractivity contribution < 1.29 is 30.0 Å². The van der Waals surface area contributed by atoms with Crippen molar-refractivity contribution in [3.63, 3.8) is 0 Å². The maximum atomic E-state index is 10.0. The van der Waals surface area contributed by atoms with Gasteiger partial charge in [-0.25, -0.2) is 5.57 Å². The number of aromatic nitrogens is 1. The Balaban J connectivity index is 0. The summed E-state index contributed by atoms with van der Waals surface area (Å²) in [6.07, 6.45) is 5.99. The molecule has 1 aromatic heterocycles. The van der Waals surface area contributed by atoms with Crippen molar-refractivity contribution in [3.05, 3.63) is 48.0 Å². The van der Waals surface area contributed by atoms with Crippen molar-refractivity contribution in [1.29, 1.82) is 0 Å². The minimum absolute atomic E-state index is 0. The van der Waals surface area contributed by atoms with Crippen molar-refractivity contribution in [2.45, 2.75) is 27.7 Å². The first-order valence-corrected chi connectivity index (χ1v) is 5.28. The number of aliphatic hydroxyl groups excluding tert-OH is 1. The van der Waals surface area contributed by atoms with Crippen molar-refractivity contribution >= 4 is 11.4 Å². The third-order valence-electron chi connectivity index (χ3n) is 1.84. The maximum Gasteiger partial charge on any atom is 0.155 e. The molecule has 3 nitrogen and oxygen atoms in total. The number of allylic oxidation sites excluding steroid dienone is 4. The molecule has 1 heterocycles. The van der Waals surface area contributed by atoms with E-state index in [4.69, 9.17) is 5.11 Å². The van der Waals surface area contributed by atoms with E-state index in [1.807, 2.05) is 32.0 Å². The summed E-state index contributed by atoms with van der Waals surface area (Å²) in [7, 11) is 0. The van der Waals surface area contributed by atoms with Crippen LogP contribution in [0.5, 0.6) is 0 Å². The first kappa shape index (κ1) is 19.1. The van der Waals surface area contributed by atoms with Crippen LogP contribution in [-0.4, -0.2) is 15.9 Å². The molecular weight excluding hydrogens is 406 g/mol. The molecule has 1 aromatic rings. The van der Waals surface area contributed by atoms with Crippen LogP contribution in [-0.2, 0) is 24.9 Å². The first-order chi connectivity index (χ1) is 7.97. The number of ketones is 1. The molecule has 0 spiro atoms. The molecule has 1 radical (unpaired) electrons. The van der Waals surface area contributed by atoms with Crippen molar-refractivity contribution in [2.24, 2.45) is 0 Å². The summed E-state index contributed by atoms with van der Waals surface area (Å²) in [6.45, 7) is 6.74. The number of aliphatic hydroxyl groups is 1. The second kappa shape index (κ2) is 10.9. The van der Waals surface area contributed by atoms with Gasteiger partial charge in [-0.15, -0.1) is 13.0 Å². The minimum Gasteiger partial charge on any atom is -0.512 e. The Hall–Kier alpha value is -1.25. The third-order valence-corrected chi connectivity index (χ3v) is 1.84. The second-order valence-corrected chi connectivity index (χ2v) is 3.49. The molecule has 0 bridgehead atoms. The van der Waals surface area contributed by atoms with Gasteiger partial charge in [-0.1, -0.05) is 18.7 Å². The molecule has 0 fully saturated rings. The van der Waals surface area contributed by atoms with Gasteiger partial charge in [0.25, 0.3) is 0 Å². The normalized spacial score (nSPS) is 10.9. The van der Waals surface area contributed by atoms with Gasteiger partial charge in [0.15, 0.2) is 5.78 Å². The molecule has 101 valence electrons. The van der Waals surface area contributed by atoms with E-state index < -0.39 is 0 Å². The van der Waals surface area contributed by atoms with Gasteiger partial charge in [-0.2, -0.15) is 0 Å². The molecule has 0 aliphatic heterocycles. The number of carbonyl (C=O) groups excluding carboxylic acids is 1. The van der Waals surface area contributed by atoms with E-state index in [1.165, 1.54) is 19.9 Å². The Bertz CT molecular complexity index is 407. The minimum atomic E-state index is -0.125. The summed E-state index contributed by atoms with van der Waals surface area (Å²) in [5, 5.41) is 8.36. The predicted molar refractivity (Wildman–Crippen MR) is 69.3 cm³/mol. The number of carbonyl (C=O) groups is 1. The number of pyridine rings is 1. The van der Waals surface area contributed by atoms with Crippen LogP contribution >= 0.6 is 0 Å². The van der Waals surface area contributed by atoms with Crippen LogP contribution in [0.1, 0.15) is 33.4 Å². The Morgan fingerprint density at radius 1 is 1.33 bits per heavy atom. The summed E-state index contributed by atoms with van der Waals surface area (Å²) in [5.41, 5.74) is 2.10. The van der Waals surface area contributed by atoms with E-state index in [0.29, 0.717) is 0 Å². The van der Waals surface area contributed by atoms with Gasteiger partial charge in [0.1, 0.15) is 0 Å². The molecule has 1 rings (SSSR count). The Kier molecular flexibility index (Phi) is 11.5. The van der Waals surface area contributed by atoms with Crippen molar-refractivity contribution in [1.82, 2.24) is 4.98 Å². The molecule has 18 heavy (non-hydrogen) atoms. The largest absolute Gasteiger partial charge is 0.512 e. The quantitative estimate of drug-likeness (QED) is 0.450. The summed E-state index contributed by atoms with van der Waals surface area (Å²) < 4.78 is 0. The Morgan fingerprint density at radius 3 is 2.22 bits per heavy atom. The summed E-state index contributed by atoms with van der Waals surface area (Å²) in [6, 6.07) is 5.86. The number of nitrogens with zero attached hydrogens (tertiary/aromatic N) is 1. The van der Waals surface area contributed by atoms with Gasteiger partial charge in [0, 0.05) is 32.4 Å².